The van der Waals surface area contributed by atoms with Gasteiger partial charge in [-0.3, -0.25) is 0 Å². The molecule has 6 nitrogen and oxygen atoms in total. The van der Waals surface area contributed by atoms with Gasteiger partial charge in [-0.1, -0.05) is 0 Å². The molecule has 100 valence electrons. The van der Waals surface area contributed by atoms with Crippen LogP contribution in [0.4, 0.5) is 0 Å². The maximum absolute atomic E-state index is 10.7. The minimum Gasteiger partial charge on any atom is -0.478 e. The summed E-state index contributed by atoms with van der Waals surface area (Å²) in [7, 11) is 0. The lowest BCUT2D eigenvalue weighted by Crippen LogP contribution is -2.01. The first-order chi connectivity index (χ1) is 9.52. The molecule has 0 aliphatic rings. The van der Waals surface area contributed by atoms with Gasteiger partial charge in [-0.25, -0.2) is 4.79 Å². The quantitative estimate of drug-likeness (QED) is 0.919. The highest BCUT2D eigenvalue weighted by Gasteiger charge is 2.13. The third-order valence-electron chi connectivity index (χ3n) is 2.85. The largest absolute Gasteiger partial charge is 0.478 e. The standard InChI is InChI=1S/C14H11N3O3/c1-8-9(2)16-17-13(12(8)7-15)20-11-5-3-10(4-6-11)14(18)19/h3-6H,1-2H3,(H,18,19). The Morgan fingerprint density at radius 3 is 2.45 bits per heavy atom. The number of hydrogen-bond acceptors (Lipinski definition) is 5. The number of carboxylic acid groups (broad SMARTS) is 1. The number of hydrogen-bond donors (Lipinski definition) is 1. The molecule has 0 radical (unpaired) electrons. The van der Waals surface area contributed by atoms with E-state index in [9.17, 15) is 4.79 Å². The highest BCUT2D eigenvalue weighted by atomic mass is 16.5. The number of ether oxygens (including phenoxy) is 1. The second-order valence-electron chi connectivity index (χ2n) is 4.13. The van der Waals surface area contributed by atoms with Crippen molar-refractivity contribution in [3.63, 3.8) is 0 Å². The lowest BCUT2D eigenvalue weighted by Gasteiger charge is -2.08. The van der Waals surface area contributed by atoms with E-state index in [1.54, 1.807) is 13.8 Å². The Kier molecular flexibility index (Phi) is 3.62. The minimum absolute atomic E-state index is 0.110. The molecule has 2 rings (SSSR count). The zero-order valence-corrected chi connectivity index (χ0v) is 10.9. The van der Waals surface area contributed by atoms with Gasteiger partial charge in [0.1, 0.15) is 17.4 Å². The van der Waals surface area contributed by atoms with E-state index in [0.717, 1.165) is 0 Å². The summed E-state index contributed by atoms with van der Waals surface area (Å²) in [6.45, 7) is 3.53. The molecule has 0 aliphatic carbocycles. The van der Waals surface area contributed by atoms with E-state index < -0.39 is 5.97 Å². The molecule has 0 bridgehead atoms. The smallest absolute Gasteiger partial charge is 0.335 e. The molecule has 0 aliphatic heterocycles. The number of nitriles is 1. The van der Waals surface area contributed by atoms with E-state index in [0.29, 0.717) is 22.6 Å². The van der Waals surface area contributed by atoms with E-state index in [1.807, 2.05) is 6.07 Å². The zero-order valence-electron chi connectivity index (χ0n) is 10.9. The molecule has 2 aromatic rings. The van der Waals surface area contributed by atoms with Crippen LogP contribution >= 0.6 is 0 Å². The Balaban J connectivity index is 2.33. The molecule has 0 unspecified atom stereocenters. The van der Waals surface area contributed by atoms with E-state index in [-0.39, 0.29) is 11.4 Å². The van der Waals surface area contributed by atoms with Gasteiger partial charge in [0.2, 0.25) is 0 Å². The summed E-state index contributed by atoms with van der Waals surface area (Å²) in [4.78, 5) is 10.7. The van der Waals surface area contributed by atoms with Gasteiger partial charge in [0, 0.05) is 0 Å². The van der Waals surface area contributed by atoms with Crippen molar-refractivity contribution in [2.24, 2.45) is 0 Å². The van der Waals surface area contributed by atoms with Crippen LogP contribution in [0.1, 0.15) is 27.2 Å². The van der Waals surface area contributed by atoms with Crippen LogP contribution in [-0.2, 0) is 0 Å². The van der Waals surface area contributed by atoms with E-state index >= 15 is 0 Å². The lowest BCUT2D eigenvalue weighted by atomic mass is 10.1. The normalized spacial score (nSPS) is 9.85. The van der Waals surface area contributed by atoms with Crippen molar-refractivity contribution in [1.82, 2.24) is 10.2 Å². The third-order valence-corrected chi connectivity index (χ3v) is 2.85. The maximum atomic E-state index is 10.7. The van der Waals surface area contributed by atoms with Crippen LogP contribution in [0.15, 0.2) is 24.3 Å². The van der Waals surface area contributed by atoms with Gasteiger partial charge in [0.05, 0.1) is 11.3 Å². The highest BCUT2D eigenvalue weighted by Crippen LogP contribution is 2.25. The first-order valence-corrected chi connectivity index (χ1v) is 5.78. The first kappa shape index (κ1) is 13.5. The number of aromatic carboxylic acids is 1. The average Bonchev–Trinajstić information content (AvgIpc) is 2.44. The number of aromatic nitrogens is 2. The third kappa shape index (κ3) is 2.57. The predicted molar refractivity (Wildman–Crippen MR) is 69.7 cm³/mol. The van der Waals surface area contributed by atoms with Crippen LogP contribution in [0.3, 0.4) is 0 Å². The minimum atomic E-state index is -1.01. The molecule has 1 heterocycles. The van der Waals surface area contributed by atoms with E-state index in [4.69, 9.17) is 15.1 Å². The Morgan fingerprint density at radius 2 is 1.90 bits per heavy atom. The summed E-state index contributed by atoms with van der Waals surface area (Å²) in [5.74, 6) is -0.511. The van der Waals surface area contributed by atoms with Crippen molar-refractivity contribution in [1.29, 1.82) is 5.26 Å². The summed E-state index contributed by atoms with van der Waals surface area (Å²) < 4.78 is 5.48. The molecule has 0 atom stereocenters. The zero-order chi connectivity index (χ0) is 14.7. The number of benzene rings is 1. The van der Waals surface area contributed by atoms with E-state index in [2.05, 4.69) is 10.2 Å². The van der Waals surface area contributed by atoms with Gasteiger partial charge < -0.3 is 9.84 Å². The van der Waals surface area contributed by atoms with Crippen LogP contribution < -0.4 is 4.74 Å². The van der Waals surface area contributed by atoms with Crippen LogP contribution in [0.5, 0.6) is 11.6 Å². The average molecular weight is 269 g/mol. The number of nitrogens with zero attached hydrogens (tertiary/aromatic N) is 3. The molecular weight excluding hydrogens is 258 g/mol. The SMILES string of the molecule is Cc1nnc(Oc2ccc(C(=O)O)cc2)c(C#N)c1C. The first-order valence-electron chi connectivity index (χ1n) is 5.78. The van der Waals surface area contributed by atoms with Crippen LogP contribution in [-0.4, -0.2) is 21.3 Å². The van der Waals surface area contributed by atoms with Gasteiger partial charge in [-0.2, -0.15) is 10.4 Å². The van der Waals surface area contributed by atoms with Crippen molar-refractivity contribution >= 4 is 5.97 Å². The molecule has 0 amide bonds. The lowest BCUT2D eigenvalue weighted by molar-refractivity contribution is 0.0697. The molecule has 0 saturated carbocycles. The van der Waals surface area contributed by atoms with Gasteiger partial charge in [0.25, 0.3) is 5.88 Å². The van der Waals surface area contributed by atoms with Crippen LogP contribution in [0.25, 0.3) is 0 Å². The molecule has 0 saturated heterocycles. The molecular formula is C14H11N3O3. The molecule has 1 aromatic heterocycles. The molecule has 0 fully saturated rings. The second kappa shape index (κ2) is 5.36. The van der Waals surface area contributed by atoms with Crippen molar-refractivity contribution in [3.05, 3.63) is 46.6 Å². The molecule has 1 aromatic carbocycles. The van der Waals surface area contributed by atoms with Gasteiger partial charge in [-0.15, -0.1) is 5.10 Å². The Hall–Kier alpha value is -2.94. The van der Waals surface area contributed by atoms with E-state index in [1.165, 1.54) is 24.3 Å². The van der Waals surface area contributed by atoms with Gasteiger partial charge >= 0.3 is 5.97 Å². The maximum Gasteiger partial charge on any atom is 0.335 e. The van der Waals surface area contributed by atoms with Crippen LogP contribution in [0, 0.1) is 25.2 Å². The topological polar surface area (TPSA) is 96.1 Å². The molecule has 1 N–H and O–H groups in total. The monoisotopic (exact) mass is 269 g/mol. The summed E-state index contributed by atoms with van der Waals surface area (Å²) in [6, 6.07) is 7.87. The molecule has 0 spiro atoms. The molecule has 6 heteroatoms. The number of carboxylic acids is 1. The summed E-state index contributed by atoms with van der Waals surface area (Å²) in [6.07, 6.45) is 0. The summed E-state index contributed by atoms with van der Waals surface area (Å²) >= 11 is 0. The predicted octanol–water partition coefficient (Wildman–Crippen LogP) is 2.46. The van der Waals surface area contributed by atoms with Crippen LogP contribution in [0.2, 0.25) is 0 Å². The van der Waals surface area contributed by atoms with Crippen molar-refractivity contribution in [3.8, 4) is 17.7 Å². The second-order valence-corrected chi connectivity index (χ2v) is 4.13. The number of aryl methyl sites for hydroxylation is 1. The number of rotatable bonds is 3. The highest BCUT2D eigenvalue weighted by molar-refractivity contribution is 5.87. The Morgan fingerprint density at radius 1 is 1.25 bits per heavy atom. The van der Waals surface area contributed by atoms with Gasteiger partial charge in [-0.05, 0) is 43.7 Å². The summed E-state index contributed by atoms with van der Waals surface area (Å²) in [5.41, 5.74) is 1.85. The number of carbonyl (C=O) groups is 1. The van der Waals surface area contributed by atoms with Crippen molar-refractivity contribution in [2.45, 2.75) is 13.8 Å². The fraction of sp³-hybridized carbons (Fsp3) is 0.143. The fourth-order valence-electron chi connectivity index (χ4n) is 1.57. The van der Waals surface area contributed by atoms with Crippen molar-refractivity contribution in [2.75, 3.05) is 0 Å². The Bertz CT molecular complexity index is 703. The fourth-order valence-corrected chi connectivity index (χ4v) is 1.57. The van der Waals surface area contributed by atoms with Crippen molar-refractivity contribution < 1.29 is 14.6 Å². The molecule has 20 heavy (non-hydrogen) atoms. The Labute approximate surface area is 115 Å². The van der Waals surface area contributed by atoms with Gasteiger partial charge in [0.15, 0.2) is 0 Å². The summed E-state index contributed by atoms with van der Waals surface area (Å²) in [5, 5.41) is 25.7.